The average molecular weight is 482 g/mol. The van der Waals surface area contributed by atoms with Crippen molar-refractivity contribution >= 4 is 5.69 Å². The quantitative estimate of drug-likeness (QED) is 0.332. The van der Waals surface area contributed by atoms with Crippen LogP contribution < -0.4 is 20.5 Å². The number of benzene rings is 2. The van der Waals surface area contributed by atoms with Crippen LogP contribution in [-0.4, -0.2) is 50.2 Å². The number of methoxy groups -OCH3 is 1. The third-order valence-corrected chi connectivity index (χ3v) is 4.90. The molecule has 0 unspecified atom stereocenters. The fraction of sp³-hybridized carbons (Fsp3) is 0.174. The van der Waals surface area contributed by atoms with Gasteiger partial charge in [-0.1, -0.05) is 6.07 Å². The van der Waals surface area contributed by atoms with Crippen molar-refractivity contribution in [2.24, 2.45) is 0 Å². The molecule has 12 heteroatoms. The van der Waals surface area contributed by atoms with E-state index in [1.165, 1.54) is 43.8 Å². The van der Waals surface area contributed by atoms with Gasteiger partial charge in [-0.05, 0) is 29.8 Å². The topological polar surface area (TPSA) is 127 Å². The Morgan fingerprint density at radius 2 is 2.00 bits per heavy atom. The Morgan fingerprint density at radius 1 is 1.23 bits per heavy atom. The number of rotatable bonds is 9. The lowest BCUT2D eigenvalue weighted by Gasteiger charge is -2.21. The second kappa shape index (κ2) is 10.3. The van der Waals surface area contributed by atoms with Crippen molar-refractivity contribution in [2.45, 2.75) is 6.04 Å². The first-order chi connectivity index (χ1) is 16.9. The van der Waals surface area contributed by atoms with Gasteiger partial charge in [0.25, 0.3) is 5.95 Å². The van der Waals surface area contributed by atoms with Gasteiger partial charge in [-0.15, -0.1) is 9.78 Å². The van der Waals surface area contributed by atoms with Crippen LogP contribution in [0.15, 0.2) is 53.6 Å². The van der Waals surface area contributed by atoms with Crippen molar-refractivity contribution in [1.29, 1.82) is 0 Å². The van der Waals surface area contributed by atoms with Crippen LogP contribution in [0.3, 0.4) is 0 Å². The van der Waals surface area contributed by atoms with Crippen LogP contribution in [-0.2, 0) is 0 Å². The second-order valence-corrected chi connectivity index (χ2v) is 7.19. The number of aliphatic hydroxyl groups excluding tert-OH is 1. The van der Waals surface area contributed by atoms with Crippen molar-refractivity contribution in [1.82, 2.24) is 24.7 Å². The number of nitrogens with zero attached hydrogens (tertiary/aromatic N) is 4. The van der Waals surface area contributed by atoms with E-state index in [0.717, 1.165) is 10.7 Å². The van der Waals surface area contributed by atoms with Crippen LogP contribution in [0.1, 0.15) is 23.0 Å². The van der Waals surface area contributed by atoms with Gasteiger partial charge in [0.15, 0.2) is 17.4 Å². The molecule has 0 spiro atoms. The fourth-order valence-electron chi connectivity index (χ4n) is 3.27. The monoisotopic (exact) mass is 482 g/mol. The maximum Gasteiger partial charge on any atom is 0.350 e. The van der Waals surface area contributed by atoms with Gasteiger partial charge >= 0.3 is 5.69 Å². The van der Waals surface area contributed by atoms with E-state index in [9.17, 15) is 9.18 Å². The molecule has 2 heterocycles. The summed E-state index contributed by atoms with van der Waals surface area (Å²) in [5.41, 5.74) is -0.558. The van der Waals surface area contributed by atoms with E-state index in [2.05, 4.69) is 25.4 Å². The summed E-state index contributed by atoms with van der Waals surface area (Å²) in [5, 5.41) is 16.3. The van der Waals surface area contributed by atoms with Crippen LogP contribution in [0.25, 0.3) is 5.95 Å². The van der Waals surface area contributed by atoms with Crippen molar-refractivity contribution in [2.75, 3.05) is 25.6 Å². The van der Waals surface area contributed by atoms with Gasteiger partial charge in [0.2, 0.25) is 0 Å². The zero-order chi connectivity index (χ0) is 24.9. The molecule has 3 N–H and O–H groups in total. The predicted molar refractivity (Wildman–Crippen MR) is 121 cm³/mol. The summed E-state index contributed by atoms with van der Waals surface area (Å²) in [4.78, 5) is 23.2. The lowest BCUT2D eigenvalue weighted by atomic mass is 10.0. The summed E-state index contributed by atoms with van der Waals surface area (Å²) < 4.78 is 41.2. The molecule has 0 fully saturated rings. The summed E-state index contributed by atoms with van der Waals surface area (Å²) in [5.74, 6) is -1.49. The highest BCUT2D eigenvalue weighted by Gasteiger charge is 2.27. The molecule has 2 radical (unpaired) electrons. The van der Waals surface area contributed by atoms with Crippen LogP contribution >= 0.6 is 0 Å². The smallest absolute Gasteiger partial charge is 0.350 e. The van der Waals surface area contributed by atoms with Gasteiger partial charge in [0.05, 0.1) is 13.7 Å². The van der Waals surface area contributed by atoms with Crippen molar-refractivity contribution in [3.63, 3.8) is 0 Å². The number of aromatic nitrogens is 5. The van der Waals surface area contributed by atoms with Crippen molar-refractivity contribution in [3.8, 4) is 17.4 Å². The Morgan fingerprint density at radius 3 is 2.69 bits per heavy atom. The van der Waals surface area contributed by atoms with Gasteiger partial charge in [-0.3, -0.25) is 4.98 Å². The highest BCUT2D eigenvalue weighted by Crippen LogP contribution is 2.35. The fourth-order valence-corrected chi connectivity index (χ4v) is 3.27. The third-order valence-electron chi connectivity index (χ3n) is 4.90. The van der Waals surface area contributed by atoms with Gasteiger partial charge in [0.1, 0.15) is 24.2 Å². The molecule has 2 aromatic carbocycles. The van der Waals surface area contributed by atoms with E-state index in [1.807, 2.05) is 0 Å². The van der Waals surface area contributed by atoms with Crippen LogP contribution in [0, 0.1) is 18.6 Å². The molecule has 10 nitrogen and oxygen atoms in total. The molecule has 0 amide bonds. The van der Waals surface area contributed by atoms with Gasteiger partial charge in [-0.25, -0.2) is 23.5 Å². The molecule has 0 saturated heterocycles. The van der Waals surface area contributed by atoms with Gasteiger partial charge < -0.3 is 19.9 Å². The maximum absolute atomic E-state index is 15.6. The molecule has 0 aliphatic heterocycles. The Balaban J connectivity index is 1.86. The molecule has 4 aromatic rings. The molecule has 2 aromatic heterocycles. The predicted octanol–water partition coefficient (Wildman–Crippen LogP) is 2.27. The molecule has 4 rings (SSSR count). The number of anilines is 1. The number of aliphatic hydroxyl groups is 1. The lowest BCUT2D eigenvalue weighted by molar-refractivity contribution is 0.195. The molecule has 0 aliphatic carbocycles. The van der Waals surface area contributed by atoms with E-state index >= 15 is 4.39 Å². The Hall–Kier alpha value is -4.32. The van der Waals surface area contributed by atoms with E-state index in [4.69, 9.17) is 21.5 Å². The number of hydrogen-bond acceptors (Lipinski definition) is 8. The van der Waals surface area contributed by atoms with Crippen molar-refractivity contribution in [3.05, 3.63) is 94.8 Å². The van der Waals surface area contributed by atoms with E-state index in [0.29, 0.717) is 0 Å². The van der Waals surface area contributed by atoms with Crippen molar-refractivity contribution < 1.29 is 23.4 Å². The second-order valence-electron chi connectivity index (χ2n) is 7.19. The third kappa shape index (κ3) is 5.11. The Labute approximate surface area is 198 Å². The first kappa shape index (κ1) is 23.8. The number of ether oxygens (including phenoxy) is 2. The summed E-state index contributed by atoms with van der Waals surface area (Å²) in [7, 11) is 1.38. The van der Waals surface area contributed by atoms with Gasteiger partial charge in [0, 0.05) is 36.6 Å². The molecule has 0 bridgehead atoms. The molecular formula is C23H20F2N6O4. The first-order valence-corrected chi connectivity index (χ1v) is 10.3. The Bertz CT molecular complexity index is 1380. The van der Waals surface area contributed by atoms with Crippen LogP contribution in [0.2, 0.25) is 0 Å². The minimum Gasteiger partial charge on any atom is -0.497 e. The normalized spacial score (nSPS) is 11.8. The summed E-state index contributed by atoms with van der Waals surface area (Å²) in [6.07, 6.45) is 2.87. The largest absolute Gasteiger partial charge is 0.497 e. The average Bonchev–Trinajstić information content (AvgIpc) is 3.26. The number of hydrogen-bond donors (Lipinski definition) is 3. The standard InChI is InChI=1S/C23H20F2N6O4/c1-13-4-5-14(10-17(13)24)28-20(16-11-15(34-2)12-18(19(16)25)35-9-8-32)21-29-23(33)31(30-21)22-26-6-3-7-27-22/h1,3-7,10-12,20,28,32H,8-9H2,2H3,(H,29,30,33)/t20-/m0/s1. The Kier molecular flexibility index (Phi) is 7.01. The SMILES string of the molecule is [CH]c1ccc(N[C@H](c2nn(-c3ncccn3)c(=O)[nH]2)c2cc(OC)cc(OCCO)c2F)cc1F. The summed E-state index contributed by atoms with van der Waals surface area (Å²) in [6, 6.07) is 7.06. The van der Waals surface area contributed by atoms with Crippen LogP contribution in [0.4, 0.5) is 14.5 Å². The highest BCUT2D eigenvalue weighted by molar-refractivity contribution is 5.52. The molecule has 35 heavy (non-hydrogen) atoms. The highest BCUT2D eigenvalue weighted by atomic mass is 19.1. The minimum absolute atomic E-state index is 0.00429. The number of halogens is 2. The van der Waals surface area contributed by atoms with E-state index in [1.54, 1.807) is 6.07 Å². The van der Waals surface area contributed by atoms with Gasteiger partial charge in [-0.2, -0.15) is 0 Å². The zero-order valence-electron chi connectivity index (χ0n) is 18.4. The molecule has 180 valence electrons. The first-order valence-electron chi connectivity index (χ1n) is 10.3. The van der Waals surface area contributed by atoms with Crippen LogP contribution in [0.5, 0.6) is 11.5 Å². The number of nitrogens with one attached hydrogen (secondary N) is 2. The molecule has 0 saturated carbocycles. The maximum atomic E-state index is 15.6. The minimum atomic E-state index is -1.15. The zero-order valence-corrected chi connectivity index (χ0v) is 18.4. The lowest BCUT2D eigenvalue weighted by Crippen LogP contribution is -2.18. The van der Waals surface area contributed by atoms with E-state index in [-0.39, 0.29) is 53.3 Å². The molecule has 1 atom stereocenters. The molecule has 0 aliphatic rings. The number of aromatic amines is 1. The number of H-pyrrole nitrogens is 1. The summed E-state index contributed by atoms with van der Waals surface area (Å²) >= 11 is 0. The summed E-state index contributed by atoms with van der Waals surface area (Å²) in [6.45, 7) is 5.06. The molecular weight excluding hydrogens is 462 g/mol. The van der Waals surface area contributed by atoms with E-state index < -0.39 is 23.4 Å².